The fourth-order valence-electron chi connectivity index (χ4n) is 3.33. The van der Waals surface area contributed by atoms with E-state index in [4.69, 9.17) is 0 Å². The first-order valence-electron chi connectivity index (χ1n) is 9.01. The van der Waals surface area contributed by atoms with Gasteiger partial charge >= 0.3 is 170 Å². The van der Waals surface area contributed by atoms with E-state index in [-0.39, 0.29) is 0 Å². The quantitative estimate of drug-likeness (QED) is 0.299. The molecule has 0 nitrogen and oxygen atoms in total. The zero-order chi connectivity index (χ0) is 18.8. The summed E-state index contributed by atoms with van der Waals surface area (Å²) in [5.41, 5.74) is 11.1. The molecule has 0 aliphatic heterocycles. The predicted molar refractivity (Wildman–Crippen MR) is 120 cm³/mol. The minimum atomic E-state index is -1.48. The molecule has 0 atom stereocenters. The Morgan fingerprint density at radius 1 is 0.577 bits per heavy atom. The molecule has 3 aromatic carbocycles. The average Bonchev–Trinajstić information content (AvgIpc) is 2.60. The maximum atomic E-state index is 2.48. The molecule has 0 radical (unpaired) electrons. The Balaban J connectivity index is 2.30. The number of hydrogen-bond acceptors (Lipinski definition) is 1. The van der Waals surface area contributed by atoms with Crippen molar-refractivity contribution < 1.29 is 0 Å². The second-order valence-electron chi connectivity index (χ2n) is 7.08. The Kier molecular flexibility index (Phi) is 6.26. The van der Waals surface area contributed by atoms with Gasteiger partial charge in [-0.2, -0.15) is 0 Å². The van der Waals surface area contributed by atoms with Gasteiger partial charge in [0.2, 0.25) is 0 Å². The van der Waals surface area contributed by atoms with Crippen molar-refractivity contribution in [2.45, 2.75) is 41.9 Å². The van der Waals surface area contributed by atoms with E-state index in [1.54, 1.807) is 0 Å². The summed E-state index contributed by atoms with van der Waals surface area (Å²) in [6.07, 6.45) is 0. The summed E-state index contributed by atoms with van der Waals surface area (Å²) in [7, 11) is 2.17. The van der Waals surface area contributed by atoms with E-state index in [0.717, 1.165) is 0 Å². The number of benzene rings is 3. The third-order valence-corrected chi connectivity index (χ3v) is 12.5. The fraction of sp³-hybridized carbons (Fsp3) is 0.250. The Morgan fingerprint density at radius 3 is 1.38 bits per heavy atom. The van der Waals surface area contributed by atoms with Gasteiger partial charge in [0, 0.05) is 0 Å². The van der Waals surface area contributed by atoms with Gasteiger partial charge < -0.3 is 0 Å². The first kappa shape index (κ1) is 19.6. The van der Waals surface area contributed by atoms with E-state index < -0.39 is 20.3 Å². The fourth-order valence-corrected chi connectivity index (χ4v) is 10.8. The van der Waals surface area contributed by atoms with Crippen LogP contribution in [0.1, 0.15) is 22.3 Å². The monoisotopic (exact) mass is 556 g/mol. The van der Waals surface area contributed by atoms with Crippen LogP contribution in [0.25, 0.3) is 22.3 Å². The maximum absolute atomic E-state index is 2.48. The van der Waals surface area contributed by atoms with Crippen LogP contribution in [0.15, 0.2) is 59.5 Å². The SMILES string of the molecule is Cc1cccc(-c2cccc(-c3cccc(C)c3C)c2[S][Bi]([CH3])[CH3])c1C. The van der Waals surface area contributed by atoms with Gasteiger partial charge in [0.1, 0.15) is 0 Å². The Morgan fingerprint density at radius 2 is 0.962 bits per heavy atom. The van der Waals surface area contributed by atoms with Gasteiger partial charge in [-0.25, -0.2) is 0 Å². The van der Waals surface area contributed by atoms with Crippen LogP contribution in [0.3, 0.4) is 0 Å². The van der Waals surface area contributed by atoms with E-state index in [1.807, 2.05) is 0 Å². The van der Waals surface area contributed by atoms with Crippen molar-refractivity contribution in [1.82, 2.24) is 0 Å². The Bertz CT molecular complexity index is 871. The molecule has 0 aliphatic rings. The van der Waals surface area contributed by atoms with Gasteiger partial charge in [-0.1, -0.05) is 0 Å². The number of hydrogen-bond donors (Lipinski definition) is 0. The molecule has 2 heteroatoms. The second kappa shape index (κ2) is 8.28. The molecule has 0 aliphatic carbocycles. The summed E-state index contributed by atoms with van der Waals surface area (Å²) < 4.78 is 4.96. The van der Waals surface area contributed by atoms with Gasteiger partial charge in [0.15, 0.2) is 0 Å². The molecule has 0 unspecified atom stereocenters. The van der Waals surface area contributed by atoms with Crippen molar-refractivity contribution in [1.29, 1.82) is 0 Å². The van der Waals surface area contributed by atoms with Crippen molar-refractivity contribution >= 4 is 28.8 Å². The molecule has 0 saturated heterocycles. The van der Waals surface area contributed by atoms with Crippen molar-refractivity contribution in [2.75, 3.05) is 0 Å². The molecule has 0 spiro atoms. The normalized spacial score (nSPS) is 11.2. The molecule has 26 heavy (non-hydrogen) atoms. The van der Waals surface area contributed by atoms with Crippen LogP contribution in [0, 0.1) is 27.7 Å². The molecule has 0 amide bonds. The van der Waals surface area contributed by atoms with Crippen LogP contribution in [-0.2, 0) is 0 Å². The summed E-state index contributed by atoms with van der Waals surface area (Å²) in [6, 6.07) is 20.2. The summed E-state index contributed by atoms with van der Waals surface area (Å²) in [5, 5.41) is 0. The first-order valence-corrected chi connectivity index (χ1v) is 21.0. The van der Waals surface area contributed by atoms with E-state index in [1.165, 1.54) is 49.4 Å². The van der Waals surface area contributed by atoms with Crippen molar-refractivity contribution in [3.05, 3.63) is 76.9 Å². The van der Waals surface area contributed by atoms with Crippen molar-refractivity contribution in [2.24, 2.45) is 0 Å². The molecule has 0 aromatic heterocycles. The predicted octanol–water partition coefficient (Wildman–Crippen LogP) is 7.60. The molecule has 0 bridgehead atoms. The van der Waals surface area contributed by atoms with Crippen LogP contribution < -0.4 is 0 Å². The molecule has 0 heterocycles. The van der Waals surface area contributed by atoms with Gasteiger partial charge in [-0.3, -0.25) is 0 Å². The molecule has 0 fully saturated rings. The first-order chi connectivity index (χ1) is 12.4. The molecule has 0 N–H and O–H groups in total. The molecule has 134 valence electrons. The van der Waals surface area contributed by atoms with Crippen LogP contribution in [0.5, 0.6) is 0 Å². The standard InChI is InChI=1S/C22H22S.2CH3.Bi/c1-14-8-5-10-18(16(14)3)20-12-7-13-21(22(20)23)19-11-6-9-15(2)17(19)4;;;/h5-13,23H,1-4H3;2*1H3;/q;;;+1/p-1. The van der Waals surface area contributed by atoms with E-state index >= 15 is 0 Å². The van der Waals surface area contributed by atoms with Crippen molar-refractivity contribution in [3.8, 4) is 22.3 Å². The summed E-state index contributed by atoms with van der Waals surface area (Å²) in [6.45, 7) is 8.92. The summed E-state index contributed by atoms with van der Waals surface area (Å²) >= 11 is -1.48. The zero-order valence-electron chi connectivity index (χ0n) is 16.6. The average molecular weight is 557 g/mol. The Hall–Kier alpha value is -1.11. The topological polar surface area (TPSA) is 0 Å². The third-order valence-electron chi connectivity index (χ3n) is 5.08. The molecular formula is C24H27BiS. The van der Waals surface area contributed by atoms with Crippen LogP contribution >= 0.6 is 8.52 Å². The molecule has 3 rings (SSSR count). The van der Waals surface area contributed by atoms with Crippen LogP contribution in [0.2, 0.25) is 9.26 Å². The van der Waals surface area contributed by atoms with Gasteiger partial charge in [-0.05, 0) is 0 Å². The van der Waals surface area contributed by atoms with E-state index in [2.05, 4.69) is 100 Å². The number of rotatable bonds is 4. The van der Waals surface area contributed by atoms with Gasteiger partial charge in [-0.15, -0.1) is 0 Å². The second-order valence-corrected chi connectivity index (χ2v) is 22.5. The summed E-state index contributed by atoms with van der Waals surface area (Å²) in [4.78, 5) is 1.48. The van der Waals surface area contributed by atoms with Crippen LogP contribution in [-0.4, -0.2) is 20.3 Å². The summed E-state index contributed by atoms with van der Waals surface area (Å²) in [5.74, 6) is 0. The van der Waals surface area contributed by atoms with E-state index in [0.29, 0.717) is 0 Å². The zero-order valence-corrected chi connectivity index (χ0v) is 20.8. The Labute approximate surface area is 169 Å². The van der Waals surface area contributed by atoms with Gasteiger partial charge in [0.25, 0.3) is 0 Å². The van der Waals surface area contributed by atoms with E-state index in [9.17, 15) is 0 Å². The molecule has 3 aromatic rings. The minimum absolute atomic E-state index is 1.36. The van der Waals surface area contributed by atoms with Gasteiger partial charge in [0.05, 0.1) is 0 Å². The van der Waals surface area contributed by atoms with Crippen LogP contribution in [0.4, 0.5) is 0 Å². The third kappa shape index (κ3) is 3.92. The van der Waals surface area contributed by atoms with Crippen molar-refractivity contribution in [3.63, 3.8) is 0 Å². The number of aryl methyl sites for hydroxylation is 2. The molecule has 0 saturated carbocycles. The molecular weight excluding hydrogens is 529 g/mol.